The van der Waals surface area contributed by atoms with Crippen molar-refractivity contribution < 1.29 is 19.1 Å². The number of rotatable bonds is 5. The highest BCUT2D eigenvalue weighted by molar-refractivity contribution is 6.31. The van der Waals surface area contributed by atoms with E-state index in [9.17, 15) is 9.59 Å². The number of carbonyl (C=O) groups is 2. The Labute approximate surface area is 207 Å². The van der Waals surface area contributed by atoms with E-state index >= 15 is 0 Å². The molecule has 3 atom stereocenters. The van der Waals surface area contributed by atoms with Crippen molar-refractivity contribution in [2.24, 2.45) is 5.92 Å². The number of ether oxygens (including phenoxy) is 2. The van der Waals surface area contributed by atoms with Crippen LogP contribution in [0, 0.1) is 5.92 Å². The Hall–Kier alpha value is -3.77. The first-order valence-corrected chi connectivity index (χ1v) is 11.9. The van der Waals surface area contributed by atoms with Crippen LogP contribution in [0.1, 0.15) is 34.2 Å². The van der Waals surface area contributed by atoms with Gasteiger partial charge in [0, 0.05) is 33.6 Å². The number of H-pyrrole nitrogens is 1. The Morgan fingerprint density at radius 3 is 2.51 bits per heavy atom. The fourth-order valence-electron chi connectivity index (χ4n) is 5.55. The van der Waals surface area contributed by atoms with E-state index in [1.54, 1.807) is 7.11 Å². The molecule has 6 rings (SSSR count). The van der Waals surface area contributed by atoms with Crippen LogP contribution in [-0.2, 0) is 22.6 Å². The number of benzene rings is 3. The molecule has 4 aromatic rings. The molecular weight excluding hydrogens is 464 g/mol. The van der Waals surface area contributed by atoms with Crippen LogP contribution < -0.4 is 14.8 Å². The minimum absolute atomic E-state index is 0.212. The second kappa shape index (κ2) is 8.47. The molecule has 2 heterocycles. The van der Waals surface area contributed by atoms with Gasteiger partial charge in [0.25, 0.3) is 0 Å². The molecule has 0 saturated carbocycles. The molecule has 3 aromatic carbocycles. The maximum atomic E-state index is 13.0. The van der Waals surface area contributed by atoms with Gasteiger partial charge in [0.1, 0.15) is 6.61 Å². The number of aromatic amines is 1. The van der Waals surface area contributed by atoms with E-state index in [0.717, 1.165) is 33.3 Å². The second-order valence-corrected chi connectivity index (χ2v) is 9.44. The Balaban J connectivity index is 1.45. The van der Waals surface area contributed by atoms with Gasteiger partial charge in [-0.3, -0.25) is 14.9 Å². The molecule has 35 heavy (non-hydrogen) atoms. The van der Waals surface area contributed by atoms with Crippen LogP contribution in [0.15, 0.2) is 66.7 Å². The van der Waals surface area contributed by atoms with E-state index < -0.39 is 11.8 Å². The van der Waals surface area contributed by atoms with Crippen LogP contribution in [0.4, 0.5) is 0 Å². The molecule has 2 aliphatic rings. The van der Waals surface area contributed by atoms with E-state index in [1.165, 1.54) is 0 Å². The molecular formula is C28H23ClN2O4. The van der Waals surface area contributed by atoms with Crippen molar-refractivity contribution in [2.45, 2.75) is 24.9 Å². The Bertz CT molecular complexity index is 1460. The van der Waals surface area contributed by atoms with Gasteiger partial charge >= 0.3 is 0 Å². The average molecular weight is 487 g/mol. The highest BCUT2D eigenvalue weighted by Crippen LogP contribution is 2.51. The van der Waals surface area contributed by atoms with Crippen LogP contribution in [0.5, 0.6) is 11.5 Å². The minimum atomic E-state index is -0.595. The summed E-state index contributed by atoms with van der Waals surface area (Å²) in [6, 6.07) is 21.2. The molecule has 3 unspecified atom stereocenters. The standard InChI is InChI=1S/C28H23ClN2O4/c1-34-22-12-18-20(13-23(22)35-14-15-7-3-2-4-8-15)30-21-11-17(16-9-5-6-10-19(16)29)25-26(24(18)21)28(33)31-27(25)32/h2-10,12-13,17,25-26,30H,11,14H2,1H3,(H,31,32,33). The predicted octanol–water partition coefficient (Wildman–Crippen LogP) is 5.11. The lowest BCUT2D eigenvalue weighted by Gasteiger charge is -2.31. The third kappa shape index (κ3) is 3.56. The number of aromatic nitrogens is 1. The summed E-state index contributed by atoms with van der Waals surface area (Å²) in [5.74, 6) is -0.673. The molecule has 2 N–H and O–H groups in total. The van der Waals surface area contributed by atoms with Crippen molar-refractivity contribution in [1.82, 2.24) is 10.3 Å². The van der Waals surface area contributed by atoms with Crippen molar-refractivity contribution in [3.05, 3.63) is 94.1 Å². The predicted molar refractivity (Wildman–Crippen MR) is 133 cm³/mol. The lowest BCUT2D eigenvalue weighted by Crippen LogP contribution is -2.31. The van der Waals surface area contributed by atoms with Crippen LogP contribution in [-0.4, -0.2) is 23.9 Å². The number of amides is 2. The maximum absolute atomic E-state index is 13.0. The number of hydrogen-bond acceptors (Lipinski definition) is 4. The average Bonchev–Trinajstić information content (AvgIpc) is 3.38. The maximum Gasteiger partial charge on any atom is 0.235 e. The third-order valence-corrected chi connectivity index (χ3v) is 7.45. The van der Waals surface area contributed by atoms with E-state index in [4.69, 9.17) is 21.1 Å². The number of nitrogens with one attached hydrogen (secondary N) is 2. The van der Waals surface area contributed by atoms with Gasteiger partial charge in [-0.25, -0.2) is 0 Å². The van der Waals surface area contributed by atoms with Crippen molar-refractivity contribution in [3.8, 4) is 11.5 Å². The Morgan fingerprint density at radius 2 is 1.74 bits per heavy atom. The van der Waals surface area contributed by atoms with Gasteiger partial charge in [0.2, 0.25) is 11.8 Å². The fourth-order valence-corrected chi connectivity index (χ4v) is 5.83. The minimum Gasteiger partial charge on any atom is -0.493 e. The van der Waals surface area contributed by atoms with Crippen LogP contribution in [0.2, 0.25) is 5.02 Å². The number of hydrogen-bond donors (Lipinski definition) is 2. The topological polar surface area (TPSA) is 80.4 Å². The first-order chi connectivity index (χ1) is 17.0. The summed E-state index contributed by atoms with van der Waals surface area (Å²) in [4.78, 5) is 29.5. The number of imide groups is 1. The zero-order valence-electron chi connectivity index (χ0n) is 19.0. The smallest absolute Gasteiger partial charge is 0.235 e. The summed E-state index contributed by atoms with van der Waals surface area (Å²) in [7, 11) is 1.59. The fraction of sp³-hybridized carbons (Fsp3) is 0.214. The molecule has 176 valence electrons. The Kier molecular flexibility index (Phi) is 5.26. The van der Waals surface area contributed by atoms with Gasteiger partial charge in [-0.15, -0.1) is 0 Å². The lowest BCUT2D eigenvalue weighted by molar-refractivity contribution is -0.126. The molecule has 2 amide bonds. The summed E-state index contributed by atoms with van der Waals surface area (Å²) in [5, 5.41) is 4.02. The van der Waals surface area contributed by atoms with Gasteiger partial charge in [-0.05, 0) is 35.2 Å². The molecule has 0 spiro atoms. The summed E-state index contributed by atoms with van der Waals surface area (Å²) in [6.07, 6.45) is 0.568. The van der Waals surface area contributed by atoms with Crippen molar-refractivity contribution >= 4 is 34.3 Å². The first-order valence-electron chi connectivity index (χ1n) is 11.5. The van der Waals surface area contributed by atoms with Gasteiger partial charge < -0.3 is 14.5 Å². The highest BCUT2D eigenvalue weighted by atomic mass is 35.5. The normalized spacial score (nSPS) is 20.9. The zero-order chi connectivity index (χ0) is 24.1. The third-order valence-electron chi connectivity index (χ3n) is 7.11. The van der Waals surface area contributed by atoms with Gasteiger partial charge in [-0.1, -0.05) is 60.1 Å². The van der Waals surface area contributed by atoms with E-state index in [1.807, 2.05) is 66.7 Å². The molecule has 1 aromatic heterocycles. The van der Waals surface area contributed by atoms with Crippen molar-refractivity contribution in [3.63, 3.8) is 0 Å². The van der Waals surface area contributed by atoms with Crippen LogP contribution >= 0.6 is 11.6 Å². The molecule has 1 fully saturated rings. The van der Waals surface area contributed by atoms with Crippen molar-refractivity contribution in [1.29, 1.82) is 0 Å². The molecule has 1 aliphatic carbocycles. The molecule has 0 radical (unpaired) electrons. The summed E-state index contributed by atoms with van der Waals surface area (Å²) < 4.78 is 11.7. The Morgan fingerprint density at radius 1 is 0.971 bits per heavy atom. The number of fused-ring (bicyclic) bond motifs is 5. The van der Waals surface area contributed by atoms with Crippen LogP contribution in [0.25, 0.3) is 10.9 Å². The summed E-state index contributed by atoms with van der Waals surface area (Å²) in [5.41, 5.74) is 4.54. The van der Waals surface area contributed by atoms with Gasteiger partial charge in [0.15, 0.2) is 11.5 Å². The zero-order valence-corrected chi connectivity index (χ0v) is 19.8. The van der Waals surface area contributed by atoms with E-state index in [0.29, 0.717) is 29.5 Å². The second-order valence-electron chi connectivity index (χ2n) is 9.03. The van der Waals surface area contributed by atoms with E-state index in [2.05, 4.69) is 10.3 Å². The molecule has 0 bridgehead atoms. The molecule has 7 heteroatoms. The largest absolute Gasteiger partial charge is 0.493 e. The molecule has 1 aliphatic heterocycles. The summed E-state index contributed by atoms with van der Waals surface area (Å²) >= 11 is 6.52. The van der Waals surface area contributed by atoms with Gasteiger partial charge in [0.05, 0.1) is 18.9 Å². The first kappa shape index (κ1) is 21.7. The molecule has 6 nitrogen and oxygen atoms in total. The van der Waals surface area contributed by atoms with E-state index in [-0.39, 0.29) is 17.7 Å². The van der Waals surface area contributed by atoms with Crippen molar-refractivity contribution in [2.75, 3.05) is 7.11 Å². The number of halogens is 1. The van der Waals surface area contributed by atoms with Gasteiger partial charge in [-0.2, -0.15) is 0 Å². The van der Waals surface area contributed by atoms with Crippen LogP contribution in [0.3, 0.4) is 0 Å². The quantitative estimate of drug-likeness (QED) is 0.384. The SMILES string of the molecule is COc1cc2c3c([nH]c2cc1OCc1ccccc1)CC(c1ccccc1Cl)C1C(=O)NC(=O)C31. The number of carbonyl (C=O) groups excluding carboxylic acids is 2. The lowest BCUT2D eigenvalue weighted by atomic mass is 9.69. The highest BCUT2D eigenvalue weighted by Gasteiger charge is 2.52. The monoisotopic (exact) mass is 486 g/mol. The summed E-state index contributed by atoms with van der Waals surface area (Å²) in [6.45, 7) is 0.402. The molecule has 1 saturated heterocycles. The number of methoxy groups -OCH3 is 1.